The Morgan fingerprint density at radius 2 is 1.91 bits per heavy atom. The molecule has 1 aliphatic rings. The van der Waals surface area contributed by atoms with Gasteiger partial charge in [0.15, 0.2) is 0 Å². The van der Waals surface area contributed by atoms with Gasteiger partial charge in [0.25, 0.3) is 0 Å². The molecule has 0 unspecified atom stereocenters. The van der Waals surface area contributed by atoms with Crippen LogP contribution in [0.25, 0.3) is 0 Å². The second-order valence-corrected chi connectivity index (χ2v) is 6.53. The Balaban J connectivity index is 1.58. The highest BCUT2D eigenvalue weighted by Crippen LogP contribution is 2.31. The van der Waals surface area contributed by atoms with Crippen LogP contribution >= 0.6 is 23.2 Å². The van der Waals surface area contributed by atoms with E-state index in [0.29, 0.717) is 21.8 Å². The van der Waals surface area contributed by atoms with Crippen LogP contribution in [0.4, 0.5) is 11.5 Å². The molecule has 2 aromatic rings. The minimum Gasteiger partial charge on any atom is -0.376 e. The second kappa shape index (κ2) is 7.23. The normalized spacial score (nSPS) is 14.9. The van der Waals surface area contributed by atoms with Crippen LogP contribution in [0.3, 0.4) is 0 Å². The summed E-state index contributed by atoms with van der Waals surface area (Å²) >= 11 is 11.9. The van der Waals surface area contributed by atoms with Crippen molar-refractivity contribution in [3.05, 3.63) is 40.5 Å². The standard InChI is InChI=1S/C16H18Cl2N4O/c17-11-7-12(18)9-13(8-11)19-10-16(23)21-15-5-6-20-22(15)14-3-1-2-4-14/h5-9,14,19H,1-4,10H2,(H,21,23). The molecule has 0 radical (unpaired) electrons. The van der Waals surface area contributed by atoms with Crippen molar-refractivity contribution in [2.24, 2.45) is 0 Å². The highest BCUT2D eigenvalue weighted by Gasteiger charge is 2.20. The van der Waals surface area contributed by atoms with Crippen molar-refractivity contribution in [3.63, 3.8) is 0 Å². The topological polar surface area (TPSA) is 59.0 Å². The van der Waals surface area contributed by atoms with Gasteiger partial charge < -0.3 is 10.6 Å². The molecule has 7 heteroatoms. The van der Waals surface area contributed by atoms with Gasteiger partial charge in [-0.15, -0.1) is 0 Å². The van der Waals surface area contributed by atoms with Crippen LogP contribution in [0, 0.1) is 0 Å². The van der Waals surface area contributed by atoms with Gasteiger partial charge in [0.2, 0.25) is 5.91 Å². The fraction of sp³-hybridized carbons (Fsp3) is 0.375. The molecule has 0 saturated heterocycles. The third-order valence-corrected chi connectivity index (χ3v) is 4.36. The van der Waals surface area contributed by atoms with E-state index >= 15 is 0 Å². The summed E-state index contributed by atoms with van der Waals surface area (Å²) in [6.07, 6.45) is 6.38. The first-order valence-corrected chi connectivity index (χ1v) is 8.41. The molecule has 2 N–H and O–H groups in total. The molecule has 1 amide bonds. The number of hydrogen-bond acceptors (Lipinski definition) is 3. The minimum atomic E-state index is -0.138. The van der Waals surface area contributed by atoms with E-state index in [-0.39, 0.29) is 12.5 Å². The Morgan fingerprint density at radius 1 is 1.22 bits per heavy atom. The predicted molar refractivity (Wildman–Crippen MR) is 93.3 cm³/mol. The minimum absolute atomic E-state index is 0.131. The summed E-state index contributed by atoms with van der Waals surface area (Å²) in [5, 5.41) is 11.3. The average molecular weight is 353 g/mol. The quantitative estimate of drug-likeness (QED) is 0.840. The summed E-state index contributed by atoms with van der Waals surface area (Å²) in [4.78, 5) is 12.1. The highest BCUT2D eigenvalue weighted by molar-refractivity contribution is 6.35. The first-order valence-electron chi connectivity index (χ1n) is 7.65. The average Bonchev–Trinajstić information content (AvgIpc) is 3.14. The molecule has 1 aromatic carbocycles. The number of anilines is 2. The number of aromatic nitrogens is 2. The van der Waals surface area contributed by atoms with E-state index in [1.165, 1.54) is 12.8 Å². The molecule has 1 saturated carbocycles. The number of carbonyl (C=O) groups is 1. The first-order chi connectivity index (χ1) is 11.1. The van der Waals surface area contributed by atoms with Crippen molar-refractivity contribution in [2.75, 3.05) is 17.2 Å². The Morgan fingerprint density at radius 3 is 2.61 bits per heavy atom. The summed E-state index contributed by atoms with van der Waals surface area (Å²) < 4.78 is 1.92. The largest absolute Gasteiger partial charge is 0.376 e. The lowest BCUT2D eigenvalue weighted by atomic mass is 10.2. The summed E-state index contributed by atoms with van der Waals surface area (Å²) in [6.45, 7) is 0.131. The van der Waals surface area contributed by atoms with Crippen LogP contribution in [0.2, 0.25) is 10.0 Å². The van der Waals surface area contributed by atoms with Gasteiger partial charge in [0.05, 0.1) is 18.8 Å². The van der Waals surface area contributed by atoms with Gasteiger partial charge in [-0.1, -0.05) is 36.0 Å². The summed E-state index contributed by atoms with van der Waals surface area (Å²) in [5.74, 6) is 0.605. The monoisotopic (exact) mass is 352 g/mol. The van der Waals surface area contributed by atoms with Gasteiger partial charge in [-0.05, 0) is 31.0 Å². The molecule has 3 rings (SSSR count). The van der Waals surface area contributed by atoms with E-state index in [1.54, 1.807) is 24.4 Å². The fourth-order valence-electron chi connectivity index (χ4n) is 2.88. The lowest BCUT2D eigenvalue weighted by Crippen LogP contribution is -2.24. The molecule has 0 spiro atoms. The molecule has 23 heavy (non-hydrogen) atoms. The summed E-state index contributed by atoms with van der Waals surface area (Å²) in [7, 11) is 0. The molecule has 0 aliphatic heterocycles. The van der Waals surface area contributed by atoms with Gasteiger partial charge in [-0.3, -0.25) is 4.79 Å². The van der Waals surface area contributed by atoms with Crippen molar-refractivity contribution < 1.29 is 4.79 Å². The fourth-order valence-corrected chi connectivity index (χ4v) is 3.40. The Bertz CT molecular complexity index is 675. The number of hydrogen-bond donors (Lipinski definition) is 2. The summed E-state index contributed by atoms with van der Waals surface area (Å²) in [5.41, 5.74) is 0.710. The zero-order valence-corrected chi connectivity index (χ0v) is 14.1. The maximum absolute atomic E-state index is 12.1. The van der Waals surface area contributed by atoms with Crippen LogP contribution in [-0.4, -0.2) is 22.2 Å². The first kappa shape index (κ1) is 16.1. The molecule has 1 aromatic heterocycles. The third-order valence-electron chi connectivity index (χ3n) is 3.92. The molecule has 0 bridgehead atoms. The van der Waals surface area contributed by atoms with Gasteiger partial charge in [-0.2, -0.15) is 5.10 Å². The van der Waals surface area contributed by atoms with E-state index in [1.807, 2.05) is 10.7 Å². The number of halogens is 2. The van der Waals surface area contributed by atoms with Gasteiger partial charge in [0, 0.05) is 21.8 Å². The van der Waals surface area contributed by atoms with E-state index < -0.39 is 0 Å². The lowest BCUT2D eigenvalue weighted by Gasteiger charge is -2.15. The van der Waals surface area contributed by atoms with Gasteiger partial charge in [0.1, 0.15) is 5.82 Å². The molecule has 5 nitrogen and oxygen atoms in total. The van der Waals surface area contributed by atoms with Crippen molar-refractivity contribution in [1.29, 1.82) is 0 Å². The Kier molecular flexibility index (Phi) is 5.08. The zero-order chi connectivity index (χ0) is 16.2. The van der Waals surface area contributed by atoms with E-state index in [9.17, 15) is 4.79 Å². The predicted octanol–water partition coefficient (Wildman–Crippen LogP) is 4.36. The van der Waals surface area contributed by atoms with Crippen LogP contribution in [-0.2, 0) is 4.79 Å². The summed E-state index contributed by atoms with van der Waals surface area (Å²) in [6, 6.07) is 7.31. The van der Waals surface area contributed by atoms with Crippen molar-refractivity contribution in [1.82, 2.24) is 9.78 Å². The molecular weight excluding hydrogens is 335 g/mol. The molecule has 1 aliphatic carbocycles. The third kappa shape index (κ3) is 4.18. The maximum atomic E-state index is 12.1. The van der Waals surface area contributed by atoms with Crippen LogP contribution in [0.1, 0.15) is 31.7 Å². The number of rotatable bonds is 5. The van der Waals surface area contributed by atoms with Crippen LogP contribution in [0.5, 0.6) is 0 Å². The van der Waals surface area contributed by atoms with Gasteiger partial charge >= 0.3 is 0 Å². The molecular formula is C16H18Cl2N4O. The van der Waals surface area contributed by atoms with Crippen molar-refractivity contribution >= 4 is 40.6 Å². The maximum Gasteiger partial charge on any atom is 0.244 e. The number of carbonyl (C=O) groups excluding carboxylic acids is 1. The van der Waals surface area contributed by atoms with Crippen molar-refractivity contribution in [2.45, 2.75) is 31.7 Å². The Labute approximate surface area is 145 Å². The van der Waals surface area contributed by atoms with E-state index in [0.717, 1.165) is 18.7 Å². The molecule has 0 atom stereocenters. The lowest BCUT2D eigenvalue weighted by molar-refractivity contribution is -0.114. The number of benzene rings is 1. The SMILES string of the molecule is O=C(CNc1cc(Cl)cc(Cl)c1)Nc1ccnn1C1CCCC1. The highest BCUT2D eigenvalue weighted by atomic mass is 35.5. The number of nitrogens with zero attached hydrogens (tertiary/aromatic N) is 2. The number of nitrogens with one attached hydrogen (secondary N) is 2. The number of amides is 1. The van der Waals surface area contributed by atoms with E-state index in [2.05, 4.69) is 15.7 Å². The van der Waals surface area contributed by atoms with Crippen LogP contribution in [0.15, 0.2) is 30.5 Å². The molecule has 1 heterocycles. The molecule has 1 fully saturated rings. The van der Waals surface area contributed by atoms with E-state index in [4.69, 9.17) is 23.2 Å². The van der Waals surface area contributed by atoms with Gasteiger partial charge in [-0.25, -0.2) is 4.68 Å². The second-order valence-electron chi connectivity index (χ2n) is 5.66. The smallest absolute Gasteiger partial charge is 0.244 e. The molecule has 122 valence electrons. The van der Waals surface area contributed by atoms with Crippen molar-refractivity contribution in [3.8, 4) is 0 Å². The Hall–Kier alpha value is -1.72. The zero-order valence-electron chi connectivity index (χ0n) is 12.6. The van der Waals surface area contributed by atoms with Crippen LogP contribution < -0.4 is 10.6 Å².